The van der Waals surface area contributed by atoms with Gasteiger partial charge in [-0.2, -0.15) is 10.2 Å². The molecule has 1 unspecified atom stereocenters. The third kappa shape index (κ3) is 4.34. The van der Waals surface area contributed by atoms with E-state index in [2.05, 4.69) is 4.98 Å². The summed E-state index contributed by atoms with van der Waals surface area (Å²) in [5.41, 5.74) is -0.00354. The van der Waals surface area contributed by atoms with Crippen LogP contribution in [-0.2, 0) is 4.79 Å². The van der Waals surface area contributed by atoms with Crippen molar-refractivity contribution in [2.45, 2.75) is 13.0 Å². The third-order valence-corrected chi connectivity index (χ3v) is 4.06. The van der Waals surface area contributed by atoms with Crippen LogP contribution < -0.4 is 9.47 Å². The maximum Gasteiger partial charge on any atom is 0.337 e. The summed E-state index contributed by atoms with van der Waals surface area (Å²) in [6.45, 7) is 1.18. The predicted octanol–water partition coefficient (Wildman–Crippen LogP) is 4.24. The number of carboxylic acid groups (broad SMARTS) is 1. The predicted molar refractivity (Wildman–Crippen MR) is 99.2 cm³/mol. The first kappa shape index (κ1) is 20.7. The minimum Gasteiger partial charge on any atom is -0.479 e. The molecule has 9 heteroatoms. The zero-order chi connectivity index (χ0) is 21.8. The number of hydrogen-bond donors (Lipinski definition) is 2. The van der Waals surface area contributed by atoms with Crippen LogP contribution in [0.15, 0.2) is 48.5 Å². The monoisotopic (exact) mass is 412 g/mol. The van der Waals surface area contributed by atoms with E-state index in [4.69, 9.17) is 19.8 Å². The van der Waals surface area contributed by atoms with Gasteiger partial charge in [-0.25, -0.2) is 13.6 Å². The van der Waals surface area contributed by atoms with Crippen molar-refractivity contribution < 1.29 is 33.3 Å². The van der Waals surface area contributed by atoms with Crippen LogP contribution in [0.5, 0.6) is 23.3 Å². The van der Waals surface area contributed by atoms with Gasteiger partial charge in [0, 0.05) is 5.56 Å². The Labute approximate surface area is 169 Å². The van der Waals surface area contributed by atoms with Gasteiger partial charge in [0.25, 0.3) is 11.8 Å². The number of benzene rings is 2. The van der Waals surface area contributed by atoms with Crippen LogP contribution in [0.2, 0.25) is 0 Å². The Morgan fingerprint density at radius 3 is 2.23 bits per heavy atom. The van der Waals surface area contributed by atoms with Crippen LogP contribution in [0.4, 0.5) is 8.78 Å². The lowest BCUT2D eigenvalue weighted by molar-refractivity contribution is -0.146. The van der Waals surface area contributed by atoms with Crippen molar-refractivity contribution in [2.24, 2.45) is 0 Å². The molecule has 0 bridgehead atoms. The summed E-state index contributed by atoms with van der Waals surface area (Å²) in [4.78, 5) is 14.6. The number of nitrogens with zero attached hydrogens (tertiary/aromatic N) is 2. The zero-order valence-electron chi connectivity index (χ0n) is 15.5. The molecule has 1 atom stereocenters. The maximum atomic E-state index is 14.5. The fourth-order valence-corrected chi connectivity index (χ4v) is 2.46. The van der Waals surface area contributed by atoms with E-state index in [9.17, 15) is 18.7 Å². The Kier molecular flexibility index (Phi) is 5.90. The molecule has 0 aliphatic rings. The maximum absolute atomic E-state index is 14.5. The van der Waals surface area contributed by atoms with Gasteiger partial charge in [-0.3, -0.25) is 0 Å². The second kappa shape index (κ2) is 8.55. The van der Waals surface area contributed by atoms with Crippen molar-refractivity contribution in [3.8, 4) is 29.3 Å². The Balaban J connectivity index is 1.90. The zero-order valence-corrected chi connectivity index (χ0v) is 15.5. The van der Waals surface area contributed by atoms with Crippen LogP contribution in [0.1, 0.15) is 22.8 Å². The Morgan fingerprint density at radius 1 is 1.07 bits per heavy atom. The van der Waals surface area contributed by atoms with Crippen LogP contribution in [-0.4, -0.2) is 21.2 Å². The van der Waals surface area contributed by atoms with Gasteiger partial charge < -0.3 is 19.7 Å². The van der Waals surface area contributed by atoms with E-state index in [1.807, 2.05) is 6.07 Å². The molecule has 3 rings (SSSR count). The third-order valence-electron chi connectivity index (χ3n) is 4.06. The SMILES string of the molecule is Cc1c(F)c(Oc2ccc(C(O)C(=O)O)cc2)nc(Oc2cccc(C#N)c2)c1F. The van der Waals surface area contributed by atoms with Crippen molar-refractivity contribution >= 4 is 5.97 Å². The summed E-state index contributed by atoms with van der Waals surface area (Å²) in [6.07, 6.45) is -1.72. The number of aliphatic carboxylic acids is 1. The first-order valence-electron chi connectivity index (χ1n) is 8.52. The number of aliphatic hydroxyl groups excluding tert-OH is 1. The second-order valence-electron chi connectivity index (χ2n) is 6.13. The first-order chi connectivity index (χ1) is 14.3. The molecule has 0 amide bonds. The summed E-state index contributed by atoms with van der Waals surface area (Å²) in [7, 11) is 0. The van der Waals surface area contributed by atoms with Gasteiger partial charge in [-0.15, -0.1) is 0 Å². The standard InChI is InChI=1S/C21H14F2N2O5/c1-11-16(22)19(29-14-7-5-13(6-8-14)18(26)21(27)28)25-20(17(11)23)30-15-4-2-3-12(9-15)10-24/h2-9,18,26H,1H3,(H,27,28). The summed E-state index contributed by atoms with van der Waals surface area (Å²) < 4.78 is 39.6. The minimum atomic E-state index is -1.72. The van der Waals surface area contributed by atoms with Gasteiger partial charge in [-0.05, 0) is 42.8 Å². The number of aromatic nitrogens is 1. The molecule has 0 saturated carbocycles. The number of carbonyl (C=O) groups is 1. The Bertz CT molecular complexity index is 1140. The minimum absolute atomic E-state index is 0.0752. The summed E-state index contributed by atoms with van der Waals surface area (Å²) in [5.74, 6) is -4.39. The van der Waals surface area contributed by atoms with Crippen molar-refractivity contribution in [3.63, 3.8) is 0 Å². The van der Waals surface area contributed by atoms with E-state index in [1.54, 1.807) is 0 Å². The molecule has 3 aromatic rings. The number of nitriles is 1. The molecule has 0 aliphatic carbocycles. The second-order valence-corrected chi connectivity index (χ2v) is 6.13. The topological polar surface area (TPSA) is 113 Å². The molecule has 0 radical (unpaired) electrons. The number of halogens is 2. The number of pyridine rings is 1. The van der Waals surface area contributed by atoms with E-state index in [0.29, 0.717) is 0 Å². The lowest BCUT2D eigenvalue weighted by atomic mass is 10.1. The fourth-order valence-electron chi connectivity index (χ4n) is 2.46. The van der Waals surface area contributed by atoms with Gasteiger partial charge >= 0.3 is 5.97 Å². The Morgan fingerprint density at radius 2 is 1.67 bits per heavy atom. The lowest BCUT2D eigenvalue weighted by Crippen LogP contribution is -2.10. The molecule has 152 valence electrons. The summed E-state index contributed by atoms with van der Waals surface area (Å²) in [5, 5.41) is 27.3. The molecule has 2 N–H and O–H groups in total. The van der Waals surface area contributed by atoms with Gasteiger partial charge in [0.05, 0.1) is 11.6 Å². The molecular formula is C21H14F2N2O5. The van der Waals surface area contributed by atoms with Crippen LogP contribution in [0.25, 0.3) is 0 Å². The van der Waals surface area contributed by atoms with E-state index in [1.165, 1.54) is 55.5 Å². The van der Waals surface area contributed by atoms with Crippen LogP contribution in [0.3, 0.4) is 0 Å². The van der Waals surface area contributed by atoms with E-state index in [-0.39, 0.29) is 28.2 Å². The van der Waals surface area contributed by atoms with E-state index >= 15 is 0 Å². The van der Waals surface area contributed by atoms with Crippen molar-refractivity contribution in [3.05, 3.63) is 76.9 Å². The van der Waals surface area contributed by atoms with Crippen LogP contribution in [0, 0.1) is 29.9 Å². The molecule has 0 fully saturated rings. The highest BCUT2D eigenvalue weighted by Crippen LogP contribution is 2.33. The lowest BCUT2D eigenvalue weighted by Gasteiger charge is -2.13. The summed E-state index contributed by atoms with van der Waals surface area (Å²) >= 11 is 0. The van der Waals surface area contributed by atoms with Gasteiger partial charge in [-0.1, -0.05) is 18.2 Å². The van der Waals surface area contributed by atoms with Gasteiger partial charge in [0.15, 0.2) is 17.7 Å². The average molecular weight is 412 g/mol. The van der Waals surface area contributed by atoms with Gasteiger partial charge in [0.1, 0.15) is 11.5 Å². The summed E-state index contributed by atoms with van der Waals surface area (Å²) in [6, 6.07) is 13.0. The van der Waals surface area contributed by atoms with Crippen molar-refractivity contribution in [2.75, 3.05) is 0 Å². The average Bonchev–Trinajstić information content (AvgIpc) is 2.75. The Hall–Kier alpha value is -4.03. The molecule has 0 spiro atoms. The highest BCUT2D eigenvalue weighted by atomic mass is 19.1. The molecule has 0 saturated heterocycles. The fraction of sp³-hybridized carbons (Fsp3) is 0.0952. The molecule has 2 aromatic carbocycles. The largest absolute Gasteiger partial charge is 0.479 e. The number of hydrogen-bond acceptors (Lipinski definition) is 6. The molecule has 30 heavy (non-hydrogen) atoms. The molecule has 0 aliphatic heterocycles. The van der Waals surface area contributed by atoms with E-state index in [0.717, 1.165) is 0 Å². The van der Waals surface area contributed by atoms with Crippen LogP contribution >= 0.6 is 0 Å². The molecule has 1 heterocycles. The normalized spacial score (nSPS) is 11.4. The smallest absolute Gasteiger partial charge is 0.337 e. The van der Waals surface area contributed by atoms with E-state index < -0.39 is 35.5 Å². The number of aliphatic hydroxyl groups is 1. The van der Waals surface area contributed by atoms with Gasteiger partial charge in [0.2, 0.25) is 0 Å². The quantitative estimate of drug-likeness (QED) is 0.623. The number of rotatable bonds is 6. The highest BCUT2D eigenvalue weighted by Gasteiger charge is 2.21. The highest BCUT2D eigenvalue weighted by molar-refractivity contribution is 5.74. The number of ether oxygens (including phenoxy) is 2. The van der Waals surface area contributed by atoms with Crippen molar-refractivity contribution in [1.82, 2.24) is 4.98 Å². The first-order valence-corrected chi connectivity index (χ1v) is 8.52. The molecular weight excluding hydrogens is 398 g/mol. The number of carboxylic acids is 1. The van der Waals surface area contributed by atoms with Crippen molar-refractivity contribution in [1.29, 1.82) is 5.26 Å². The molecule has 1 aromatic heterocycles. The molecule has 7 nitrogen and oxygen atoms in total.